The number of hydrogen-bond donors (Lipinski definition) is 4. The number of pyridine rings is 2. The Morgan fingerprint density at radius 2 is 1.73 bits per heavy atom. The second kappa shape index (κ2) is 10.4. The van der Waals surface area contributed by atoms with Crippen LogP contribution in [0.2, 0.25) is 0 Å². The molecule has 4 aromatic rings. The second-order valence-corrected chi connectivity index (χ2v) is 9.35. The van der Waals surface area contributed by atoms with E-state index in [9.17, 15) is 14.7 Å². The molecular formula is C29H29N5O3. The highest BCUT2D eigenvalue weighted by Gasteiger charge is 2.21. The molecule has 0 unspecified atom stereocenters. The van der Waals surface area contributed by atoms with Crippen LogP contribution in [0.15, 0.2) is 67.0 Å². The maximum Gasteiger partial charge on any atom is 0.269 e. The first kappa shape index (κ1) is 24.4. The van der Waals surface area contributed by atoms with Crippen molar-refractivity contribution < 1.29 is 14.7 Å². The SMILES string of the molecule is CNC(=O)c1ccc(-c2cccc3c(-c4ccc(C(N)=O)c(NC5CCC(O)CC5)c4)nccc23)cn1. The normalized spacial score (nSPS) is 17.4. The number of nitrogens with two attached hydrogens (primary N) is 1. The van der Waals surface area contributed by atoms with Gasteiger partial charge in [-0.2, -0.15) is 0 Å². The van der Waals surface area contributed by atoms with Crippen LogP contribution in [0.5, 0.6) is 0 Å². The Bertz CT molecular complexity index is 1460. The molecule has 5 rings (SSSR count). The molecule has 1 aliphatic rings. The van der Waals surface area contributed by atoms with Gasteiger partial charge in [0.2, 0.25) is 0 Å². The molecule has 0 bridgehead atoms. The number of primary amides is 1. The van der Waals surface area contributed by atoms with E-state index >= 15 is 0 Å². The quantitative estimate of drug-likeness (QED) is 0.318. The molecule has 2 aromatic heterocycles. The van der Waals surface area contributed by atoms with Crippen molar-refractivity contribution in [2.45, 2.75) is 37.8 Å². The first-order valence-electron chi connectivity index (χ1n) is 12.4. The molecular weight excluding hydrogens is 466 g/mol. The summed E-state index contributed by atoms with van der Waals surface area (Å²) in [4.78, 5) is 33.0. The Labute approximate surface area is 215 Å². The zero-order chi connectivity index (χ0) is 25.9. The van der Waals surface area contributed by atoms with Gasteiger partial charge in [-0.15, -0.1) is 0 Å². The van der Waals surface area contributed by atoms with Crippen molar-refractivity contribution >= 4 is 28.3 Å². The van der Waals surface area contributed by atoms with E-state index in [1.165, 1.54) is 0 Å². The average Bonchev–Trinajstić information content (AvgIpc) is 2.93. The first-order valence-corrected chi connectivity index (χ1v) is 12.4. The molecule has 5 N–H and O–H groups in total. The summed E-state index contributed by atoms with van der Waals surface area (Å²) in [5, 5.41) is 17.9. The summed E-state index contributed by atoms with van der Waals surface area (Å²) in [5.74, 6) is -0.727. The number of nitrogens with zero attached hydrogens (tertiary/aromatic N) is 2. The third-order valence-corrected chi connectivity index (χ3v) is 6.96. The fourth-order valence-corrected chi connectivity index (χ4v) is 4.97. The van der Waals surface area contributed by atoms with Gasteiger partial charge in [-0.3, -0.25) is 19.6 Å². The maximum atomic E-state index is 12.2. The fourth-order valence-electron chi connectivity index (χ4n) is 4.97. The minimum atomic E-state index is -0.495. The molecule has 0 aliphatic heterocycles. The van der Waals surface area contributed by atoms with Gasteiger partial charge in [0.15, 0.2) is 0 Å². The second-order valence-electron chi connectivity index (χ2n) is 9.35. The number of amides is 2. The molecule has 0 atom stereocenters. The van der Waals surface area contributed by atoms with Crippen molar-refractivity contribution in [3.8, 4) is 22.4 Å². The molecule has 1 aliphatic carbocycles. The molecule has 1 fully saturated rings. The summed E-state index contributed by atoms with van der Waals surface area (Å²) >= 11 is 0. The van der Waals surface area contributed by atoms with Gasteiger partial charge in [0.05, 0.1) is 17.4 Å². The number of anilines is 1. The summed E-state index contributed by atoms with van der Waals surface area (Å²) < 4.78 is 0. The summed E-state index contributed by atoms with van der Waals surface area (Å²) in [6.45, 7) is 0. The van der Waals surface area contributed by atoms with Crippen molar-refractivity contribution in [2.75, 3.05) is 12.4 Å². The van der Waals surface area contributed by atoms with Gasteiger partial charge in [0.25, 0.3) is 11.8 Å². The third-order valence-electron chi connectivity index (χ3n) is 6.96. The predicted molar refractivity (Wildman–Crippen MR) is 144 cm³/mol. The zero-order valence-corrected chi connectivity index (χ0v) is 20.6. The van der Waals surface area contributed by atoms with E-state index in [4.69, 9.17) is 5.73 Å². The van der Waals surface area contributed by atoms with Gasteiger partial charge >= 0.3 is 0 Å². The number of benzene rings is 2. The number of rotatable bonds is 6. The molecule has 0 saturated heterocycles. The molecule has 2 aromatic carbocycles. The minimum absolute atomic E-state index is 0.161. The number of aromatic nitrogens is 2. The van der Waals surface area contributed by atoms with Gasteiger partial charge < -0.3 is 21.5 Å². The molecule has 0 spiro atoms. The topological polar surface area (TPSA) is 130 Å². The van der Waals surface area contributed by atoms with Crippen LogP contribution in [0, 0.1) is 0 Å². The number of carbonyl (C=O) groups is 2. The van der Waals surface area contributed by atoms with Crippen LogP contribution in [0.25, 0.3) is 33.2 Å². The number of aliphatic hydroxyl groups is 1. The van der Waals surface area contributed by atoms with Gasteiger partial charge in [0.1, 0.15) is 5.69 Å². The highest BCUT2D eigenvalue weighted by Crippen LogP contribution is 2.35. The number of nitrogens with one attached hydrogen (secondary N) is 2. The van der Waals surface area contributed by atoms with Gasteiger partial charge in [0, 0.05) is 47.7 Å². The molecule has 8 heteroatoms. The fraction of sp³-hybridized carbons (Fsp3) is 0.241. The molecule has 1 saturated carbocycles. The Morgan fingerprint density at radius 3 is 2.43 bits per heavy atom. The summed E-state index contributed by atoms with van der Waals surface area (Å²) in [6.07, 6.45) is 6.32. The maximum absolute atomic E-state index is 12.2. The summed E-state index contributed by atoms with van der Waals surface area (Å²) in [5.41, 5.74) is 10.7. The van der Waals surface area contributed by atoms with Crippen molar-refractivity contribution in [1.29, 1.82) is 0 Å². The summed E-state index contributed by atoms with van der Waals surface area (Å²) in [6, 6.07) is 17.3. The van der Waals surface area contributed by atoms with Crippen LogP contribution in [-0.2, 0) is 0 Å². The number of hydrogen-bond acceptors (Lipinski definition) is 6. The van der Waals surface area contributed by atoms with Crippen LogP contribution in [-0.4, -0.2) is 46.1 Å². The van der Waals surface area contributed by atoms with Crippen molar-refractivity contribution in [3.63, 3.8) is 0 Å². The van der Waals surface area contributed by atoms with E-state index in [0.29, 0.717) is 16.9 Å². The largest absolute Gasteiger partial charge is 0.393 e. The van der Waals surface area contributed by atoms with Gasteiger partial charge in [-0.1, -0.05) is 30.3 Å². The van der Waals surface area contributed by atoms with Crippen LogP contribution >= 0.6 is 0 Å². The lowest BCUT2D eigenvalue weighted by molar-refractivity contribution is 0.0956. The number of fused-ring (bicyclic) bond motifs is 1. The van der Waals surface area contributed by atoms with Gasteiger partial charge in [-0.25, -0.2) is 0 Å². The standard InChI is InChI=1S/C29H29N5O3/c1-31-29(37)25-12-6-18(16-33-25)21-3-2-4-23-22(21)13-14-32-27(23)17-5-11-24(28(30)36)26(15-17)34-19-7-9-20(35)10-8-19/h2-6,11-16,19-20,34-35H,7-10H2,1H3,(H2,30,36)(H,31,37). The van der Waals surface area contributed by atoms with Crippen molar-refractivity contribution in [1.82, 2.24) is 15.3 Å². The molecule has 2 amide bonds. The number of aliphatic hydroxyl groups excluding tert-OH is 1. The predicted octanol–water partition coefficient (Wildman–Crippen LogP) is 4.14. The summed E-state index contributed by atoms with van der Waals surface area (Å²) in [7, 11) is 1.58. The molecule has 0 radical (unpaired) electrons. The Kier molecular flexibility index (Phi) is 6.83. The minimum Gasteiger partial charge on any atom is -0.393 e. The Hall–Kier alpha value is -4.30. The lowest BCUT2D eigenvalue weighted by atomic mass is 9.92. The monoisotopic (exact) mass is 495 g/mol. The first-order chi connectivity index (χ1) is 17.9. The highest BCUT2D eigenvalue weighted by molar-refractivity contribution is 6.04. The highest BCUT2D eigenvalue weighted by atomic mass is 16.3. The lowest BCUT2D eigenvalue weighted by Gasteiger charge is -2.28. The average molecular weight is 496 g/mol. The van der Waals surface area contributed by atoms with Crippen molar-refractivity contribution in [2.24, 2.45) is 5.73 Å². The van der Waals surface area contributed by atoms with Crippen molar-refractivity contribution in [3.05, 3.63) is 78.2 Å². The van der Waals surface area contributed by atoms with E-state index < -0.39 is 5.91 Å². The smallest absolute Gasteiger partial charge is 0.269 e. The Balaban J connectivity index is 1.54. The van der Waals surface area contributed by atoms with Crippen LogP contribution in [0.3, 0.4) is 0 Å². The van der Waals surface area contributed by atoms with Crippen LogP contribution in [0.4, 0.5) is 5.69 Å². The molecule has 8 nitrogen and oxygen atoms in total. The Morgan fingerprint density at radius 1 is 0.946 bits per heavy atom. The lowest BCUT2D eigenvalue weighted by Crippen LogP contribution is -2.29. The molecule has 2 heterocycles. The van der Waals surface area contributed by atoms with E-state index in [1.54, 1.807) is 31.6 Å². The van der Waals surface area contributed by atoms with Crippen LogP contribution in [0.1, 0.15) is 46.5 Å². The number of carbonyl (C=O) groups excluding carboxylic acids is 2. The molecule has 188 valence electrons. The van der Waals surface area contributed by atoms with E-state index in [-0.39, 0.29) is 18.1 Å². The van der Waals surface area contributed by atoms with E-state index in [0.717, 1.165) is 58.8 Å². The third kappa shape index (κ3) is 5.01. The van der Waals surface area contributed by atoms with E-state index in [1.807, 2.05) is 42.5 Å². The van der Waals surface area contributed by atoms with Crippen LogP contribution < -0.4 is 16.4 Å². The zero-order valence-electron chi connectivity index (χ0n) is 20.6. The molecule has 37 heavy (non-hydrogen) atoms. The van der Waals surface area contributed by atoms with Gasteiger partial charge in [-0.05, 0) is 60.9 Å². The van der Waals surface area contributed by atoms with E-state index in [2.05, 4.69) is 20.6 Å².